The van der Waals surface area contributed by atoms with Crippen LogP contribution in [0.1, 0.15) is 23.1 Å². The number of fused-ring (bicyclic) bond motifs is 5. The second-order valence-electron chi connectivity index (χ2n) is 6.69. The molecule has 0 unspecified atom stereocenters. The predicted octanol–water partition coefficient (Wildman–Crippen LogP) is 4.43. The van der Waals surface area contributed by atoms with Gasteiger partial charge >= 0.3 is 5.63 Å². The molecule has 26 heavy (non-hydrogen) atoms. The van der Waals surface area contributed by atoms with Crippen LogP contribution in [0.2, 0.25) is 5.02 Å². The lowest BCUT2D eigenvalue weighted by Gasteiger charge is -2.31. The van der Waals surface area contributed by atoms with Crippen molar-refractivity contribution in [2.45, 2.75) is 25.8 Å². The summed E-state index contributed by atoms with van der Waals surface area (Å²) >= 11 is 6.46. The van der Waals surface area contributed by atoms with Crippen LogP contribution < -0.4 is 15.3 Å². The third-order valence-electron chi connectivity index (χ3n) is 5.15. The highest BCUT2D eigenvalue weighted by molar-refractivity contribution is 6.33. The fourth-order valence-corrected chi connectivity index (χ4v) is 4.22. The lowest BCUT2D eigenvalue weighted by Crippen LogP contribution is -2.32. The molecule has 0 saturated heterocycles. The van der Waals surface area contributed by atoms with Crippen LogP contribution >= 0.6 is 11.6 Å². The van der Waals surface area contributed by atoms with Crippen LogP contribution in [0.4, 0.5) is 10.1 Å². The zero-order valence-corrected chi connectivity index (χ0v) is 14.6. The minimum Gasteiger partial charge on any atom is -0.471 e. The highest BCUT2D eigenvalue weighted by atomic mass is 35.5. The van der Waals surface area contributed by atoms with Crippen LogP contribution in [-0.2, 0) is 19.4 Å². The Morgan fingerprint density at radius 2 is 1.96 bits per heavy atom. The molecule has 3 aromatic rings. The number of aryl methyl sites for hydroxylation is 1. The highest BCUT2D eigenvalue weighted by Gasteiger charge is 2.28. The largest absolute Gasteiger partial charge is 0.471 e. The first-order valence-corrected chi connectivity index (χ1v) is 8.93. The Kier molecular flexibility index (Phi) is 3.47. The van der Waals surface area contributed by atoms with Crippen molar-refractivity contribution in [3.05, 3.63) is 68.3 Å². The van der Waals surface area contributed by atoms with Crippen molar-refractivity contribution in [3.8, 4) is 5.75 Å². The normalized spacial score (nSPS) is 15.7. The maximum absolute atomic E-state index is 13.6. The Labute approximate surface area is 153 Å². The van der Waals surface area contributed by atoms with E-state index >= 15 is 0 Å². The van der Waals surface area contributed by atoms with Crippen molar-refractivity contribution < 1.29 is 13.5 Å². The summed E-state index contributed by atoms with van der Waals surface area (Å²) in [6.45, 7) is 0.675. The summed E-state index contributed by atoms with van der Waals surface area (Å²) in [7, 11) is 0. The number of hydrogen-bond acceptors (Lipinski definition) is 4. The van der Waals surface area contributed by atoms with Crippen molar-refractivity contribution in [1.82, 2.24) is 0 Å². The van der Waals surface area contributed by atoms with Gasteiger partial charge in [-0.05, 0) is 49.1 Å². The summed E-state index contributed by atoms with van der Waals surface area (Å²) < 4.78 is 25.1. The van der Waals surface area contributed by atoms with E-state index in [1.807, 2.05) is 17.0 Å². The average molecular weight is 372 g/mol. The van der Waals surface area contributed by atoms with E-state index in [0.29, 0.717) is 28.6 Å². The maximum atomic E-state index is 13.6. The lowest BCUT2D eigenvalue weighted by molar-refractivity contribution is 0.289. The molecule has 2 aromatic carbocycles. The molecule has 0 atom stereocenters. The fourth-order valence-electron chi connectivity index (χ4n) is 3.95. The summed E-state index contributed by atoms with van der Waals surface area (Å²) in [6, 6.07) is 8.16. The SMILES string of the molecule is O=c1oc2c3c(c(Cl)cc2c2c1CCC2)OCN(c1cccc(F)c1)C3. The van der Waals surface area contributed by atoms with Gasteiger partial charge in [0.25, 0.3) is 0 Å². The summed E-state index contributed by atoms with van der Waals surface area (Å²) in [4.78, 5) is 14.3. The van der Waals surface area contributed by atoms with E-state index in [0.717, 1.165) is 41.3 Å². The van der Waals surface area contributed by atoms with Crippen molar-refractivity contribution in [2.24, 2.45) is 0 Å². The summed E-state index contributed by atoms with van der Waals surface area (Å²) in [6.07, 6.45) is 2.54. The Bertz CT molecular complexity index is 1110. The van der Waals surface area contributed by atoms with Crippen LogP contribution in [0.25, 0.3) is 11.0 Å². The van der Waals surface area contributed by atoms with Crippen LogP contribution in [0.3, 0.4) is 0 Å². The van der Waals surface area contributed by atoms with Crippen LogP contribution in [0, 0.1) is 5.82 Å². The molecule has 4 nitrogen and oxygen atoms in total. The number of halogens is 2. The second kappa shape index (κ2) is 5.74. The molecule has 2 aliphatic rings. The molecule has 5 rings (SSSR count). The molecule has 1 aliphatic heterocycles. The van der Waals surface area contributed by atoms with Gasteiger partial charge in [-0.3, -0.25) is 0 Å². The smallest absolute Gasteiger partial charge is 0.339 e. The van der Waals surface area contributed by atoms with Gasteiger partial charge in [0, 0.05) is 16.6 Å². The highest BCUT2D eigenvalue weighted by Crippen LogP contribution is 2.41. The molecular formula is C20H15ClFNO3. The quantitative estimate of drug-likeness (QED) is 0.593. The molecule has 2 heterocycles. The minimum absolute atomic E-state index is 0.247. The predicted molar refractivity (Wildman–Crippen MR) is 97.6 cm³/mol. The zero-order valence-electron chi connectivity index (χ0n) is 13.9. The van der Waals surface area contributed by atoms with Gasteiger partial charge in [0.2, 0.25) is 0 Å². The third-order valence-corrected chi connectivity index (χ3v) is 5.43. The summed E-state index contributed by atoms with van der Waals surface area (Å²) in [5.74, 6) is 0.224. The monoisotopic (exact) mass is 371 g/mol. The molecule has 132 valence electrons. The number of benzene rings is 2. The first kappa shape index (κ1) is 15.7. The number of ether oxygens (including phenoxy) is 1. The molecule has 0 N–H and O–H groups in total. The van der Waals surface area contributed by atoms with Crippen molar-refractivity contribution in [1.29, 1.82) is 0 Å². The molecule has 6 heteroatoms. The van der Waals surface area contributed by atoms with Crippen LogP contribution in [0.15, 0.2) is 39.5 Å². The van der Waals surface area contributed by atoms with Gasteiger partial charge < -0.3 is 14.1 Å². The molecule has 0 radical (unpaired) electrons. The summed E-state index contributed by atoms with van der Waals surface area (Å²) in [5.41, 5.74) is 3.46. The minimum atomic E-state index is -0.311. The molecule has 1 aromatic heterocycles. The van der Waals surface area contributed by atoms with Crippen molar-refractivity contribution >= 4 is 28.3 Å². The van der Waals surface area contributed by atoms with Gasteiger partial charge in [0.1, 0.15) is 17.1 Å². The Balaban J connectivity index is 1.70. The summed E-state index contributed by atoms with van der Waals surface area (Å²) in [5, 5.41) is 1.39. The Morgan fingerprint density at radius 3 is 2.81 bits per heavy atom. The first-order chi connectivity index (χ1) is 12.6. The van der Waals surface area contributed by atoms with Crippen molar-refractivity contribution in [3.63, 3.8) is 0 Å². The van der Waals surface area contributed by atoms with Gasteiger partial charge in [0.05, 0.1) is 17.1 Å². The molecule has 0 bridgehead atoms. The van der Waals surface area contributed by atoms with E-state index in [1.165, 1.54) is 12.1 Å². The van der Waals surface area contributed by atoms with Gasteiger partial charge in [-0.2, -0.15) is 0 Å². The molecule has 0 spiro atoms. The fraction of sp³-hybridized carbons (Fsp3) is 0.250. The van der Waals surface area contributed by atoms with Crippen LogP contribution in [0.5, 0.6) is 5.75 Å². The standard InChI is InChI=1S/C20H15ClFNO3/c21-17-8-15-13-5-2-6-14(13)20(24)26-18(15)16-9-23(10-25-19(16)17)12-4-1-3-11(22)7-12/h1,3-4,7-8H,2,5-6,9-10H2. The molecule has 0 amide bonds. The third kappa shape index (κ3) is 2.31. The Morgan fingerprint density at radius 1 is 1.12 bits per heavy atom. The first-order valence-electron chi connectivity index (χ1n) is 8.55. The number of anilines is 1. The molecule has 1 aliphatic carbocycles. The van der Waals surface area contributed by atoms with Gasteiger partial charge in [-0.25, -0.2) is 9.18 Å². The Hall–Kier alpha value is -2.53. The maximum Gasteiger partial charge on any atom is 0.339 e. The lowest BCUT2D eigenvalue weighted by atomic mass is 10.0. The topological polar surface area (TPSA) is 42.7 Å². The molecule has 0 fully saturated rings. The van der Waals surface area contributed by atoms with E-state index in [1.54, 1.807) is 6.07 Å². The van der Waals surface area contributed by atoms with E-state index in [2.05, 4.69) is 0 Å². The van der Waals surface area contributed by atoms with Gasteiger partial charge in [-0.15, -0.1) is 0 Å². The van der Waals surface area contributed by atoms with Crippen molar-refractivity contribution in [2.75, 3.05) is 11.6 Å². The van der Waals surface area contributed by atoms with Gasteiger partial charge in [-0.1, -0.05) is 17.7 Å². The van der Waals surface area contributed by atoms with E-state index in [4.69, 9.17) is 20.8 Å². The molecular weight excluding hydrogens is 357 g/mol. The zero-order chi connectivity index (χ0) is 17.8. The average Bonchev–Trinajstić information content (AvgIpc) is 3.13. The van der Waals surface area contributed by atoms with E-state index in [9.17, 15) is 9.18 Å². The number of rotatable bonds is 1. The number of hydrogen-bond donors (Lipinski definition) is 0. The van der Waals surface area contributed by atoms with Crippen LogP contribution in [-0.4, -0.2) is 6.73 Å². The number of nitrogens with zero attached hydrogens (tertiary/aromatic N) is 1. The second-order valence-corrected chi connectivity index (χ2v) is 7.10. The molecule has 0 saturated carbocycles. The van der Waals surface area contributed by atoms with Gasteiger partial charge in [0.15, 0.2) is 6.73 Å². The van der Waals surface area contributed by atoms with E-state index < -0.39 is 0 Å². The van der Waals surface area contributed by atoms with E-state index in [-0.39, 0.29) is 18.2 Å².